The van der Waals surface area contributed by atoms with Gasteiger partial charge in [-0.2, -0.15) is 0 Å². The Bertz CT molecular complexity index is 2680. The van der Waals surface area contributed by atoms with Crippen LogP contribution in [-0.2, 0) is 48.8 Å². The fourth-order valence-electron chi connectivity index (χ4n) is 9.07. The van der Waals surface area contributed by atoms with Gasteiger partial charge in [-0.15, -0.1) is 23.5 Å². The van der Waals surface area contributed by atoms with Crippen LogP contribution in [0, 0.1) is 0 Å². The van der Waals surface area contributed by atoms with Crippen molar-refractivity contribution in [1.29, 1.82) is 0 Å². The number of aliphatic carboxylic acids is 2. The molecule has 6 heterocycles. The molecule has 0 aliphatic carbocycles. The van der Waals surface area contributed by atoms with Crippen molar-refractivity contribution in [1.82, 2.24) is 49.5 Å². The molecule has 0 saturated carbocycles. The zero-order valence-corrected chi connectivity index (χ0v) is 45.4. The first-order valence-corrected chi connectivity index (χ1v) is 27.3. The van der Waals surface area contributed by atoms with Crippen LogP contribution in [0.2, 0.25) is 0 Å². The van der Waals surface area contributed by atoms with Crippen molar-refractivity contribution in [3.05, 3.63) is 71.8 Å². The molecule has 31 heteroatoms. The molecular formula is C42H49N10NaO16S4. The first kappa shape index (κ1) is 56.6. The van der Waals surface area contributed by atoms with Crippen molar-refractivity contribution in [3.8, 4) is 0 Å². The number of carboxylic acids is 2. The van der Waals surface area contributed by atoms with Gasteiger partial charge in [0.05, 0.1) is 50.7 Å². The maximum absolute atomic E-state index is 13.3. The summed E-state index contributed by atoms with van der Waals surface area (Å²) >= 11 is 2.48. The largest absolute Gasteiger partial charge is 1.00 e. The van der Waals surface area contributed by atoms with Crippen molar-refractivity contribution in [2.45, 2.75) is 84.2 Å². The molecule has 2 aromatic rings. The van der Waals surface area contributed by atoms with Crippen LogP contribution < -0.4 is 55.9 Å². The van der Waals surface area contributed by atoms with E-state index in [1.165, 1.54) is 33.3 Å². The third-order valence-electron chi connectivity index (χ3n) is 12.5. The zero-order valence-electron chi connectivity index (χ0n) is 40.1. The van der Waals surface area contributed by atoms with Crippen LogP contribution in [-0.4, -0.2) is 193 Å². The number of hydrogen-bond donors (Lipinski definition) is 5. The van der Waals surface area contributed by atoms with E-state index in [4.69, 9.17) is 0 Å². The topological polar surface area (TPSA) is 350 Å². The van der Waals surface area contributed by atoms with Crippen LogP contribution in [0.3, 0.4) is 0 Å². The molecule has 0 spiro atoms. The molecule has 2 aromatic carbocycles. The summed E-state index contributed by atoms with van der Waals surface area (Å²) in [6, 6.07) is 5.32. The van der Waals surface area contributed by atoms with E-state index in [1.54, 1.807) is 88.4 Å². The third kappa shape index (κ3) is 11.0. The van der Waals surface area contributed by atoms with Crippen LogP contribution in [0.1, 0.15) is 50.9 Å². The maximum atomic E-state index is 13.3. The molecule has 6 aliphatic rings. The van der Waals surface area contributed by atoms with E-state index >= 15 is 0 Å². The fraction of sp³-hybridized carbons (Fsp3) is 0.476. The number of carbonyl (C=O) groups excluding carboxylic acids is 9. The van der Waals surface area contributed by atoms with Gasteiger partial charge in [-0.25, -0.2) is 59.2 Å². The van der Waals surface area contributed by atoms with Crippen molar-refractivity contribution >= 4 is 103 Å². The maximum Gasteiger partial charge on any atom is 1.00 e. The summed E-state index contributed by atoms with van der Waals surface area (Å²) in [4.78, 5) is 130. The number of nitrogens with zero attached hydrogens (tertiary/aromatic N) is 6. The molecule has 6 saturated heterocycles. The summed E-state index contributed by atoms with van der Waals surface area (Å²) in [6.07, 6.45) is 1.70. The van der Waals surface area contributed by atoms with Gasteiger partial charge in [-0.05, 0) is 38.8 Å². The summed E-state index contributed by atoms with van der Waals surface area (Å²) in [5, 5.41) is 30.1. The van der Waals surface area contributed by atoms with E-state index in [2.05, 4.69) is 21.3 Å². The average Bonchev–Trinajstić information content (AvgIpc) is 4.03. The van der Waals surface area contributed by atoms with Gasteiger partial charge in [0.25, 0.3) is 0 Å². The fourth-order valence-corrected chi connectivity index (χ4v) is 13.9. The number of rotatable bonds is 12. The third-order valence-corrected chi connectivity index (χ3v) is 17.9. The van der Waals surface area contributed by atoms with Gasteiger partial charge >= 0.3 is 59.7 Å². The molecule has 6 fully saturated rings. The minimum atomic E-state index is -3.87. The van der Waals surface area contributed by atoms with Gasteiger partial charge in [0.2, 0.25) is 43.7 Å². The Morgan fingerprint density at radius 3 is 1.27 bits per heavy atom. The number of hydrogen-bond acceptors (Lipinski definition) is 17. The Kier molecular flexibility index (Phi) is 16.2. The number of carbonyl (C=O) groups is 10. The van der Waals surface area contributed by atoms with Crippen molar-refractivity contribution < 1.29 is 105 Å². The van der Waals surface area contributed by atoms with Crippen molar-refractivity contribution in [2.24, 2.45) is 0 Å². The van der Waals surface area contributed by atoms with Crippen LogP contribution >= 0.6 is 23.5 Å². The number of β-lactam (4-membered cyclic amide) rings is 2. The first-order chi connectivity index (χ1) is 33.5. The summed E-state index contributed by atoms with van der Waals surface area (Å²) in [7, 11) is -7.73. The smallest absolute Gasteiger partial charge is 0.548 e. The molecule has 8 atom stereocenters. The molecular weight excluding hydrogens is 1050 g/mol. The summed E-state index contributed by atoms with van der Waals surface area (Å²) in [6.45, 7) is 5.94. The van der Waals surface area contributed by atoms with Gasteiger partial charge in [-0.3, -0.25) is 19.2 Å². The first-order valence-electron chi connectivity index (χ1n) is 21.8. The molecule has 0 unspecified atom stereocenters. The molecule has 388 valence electrons. The van der Waals surface area contributed by atoms with Crippen LogP contribution in [0.4, 0.5) is 19.2 Å². The van der Waals surface area contributed by atoms with E-state index in [0.29, 0.717) is 29.5 Å². The minimum Gasteiger partial charge on any atom is -0.548 e. The predicted molar refractivity (Wildman–Crippen MR) is 251 cm³/mol. The van der Waals surface area contributed by atoms with E-state index in [0.717, 1.165) is 12.5 Å². The molecule has 73 heavy (non-hydrogen) atoms. The van der Waals surface area contributed by atoms with Crippen LogP contribution in [0.15, 0.2) is 60.7 Å². The number of urea groups is 4. The predicted octanol–water partition coefficient (Wildman–Crippen LogP) is -4.80. The number of sulfonamides is 2. The number of nitrogens with one attached hydrogen (secondary N) is 4. The second kappa shape index (κ2) is 20.9. The van der Waals surface area contributed by atoms with E-state index < -0.39 is 136 Å². The average molecular weight is 1100 g/mol. The number of benzene rings is 2. The Hall–Kier alpha value is -5.66. The van der Waals surface area contributed by atoms with Gasteiger partial charge in [0.1, 0.15) is 41.0 Å². The SMILES string of the molecule is CC1(C)S[C@@H]2[C@H](NC(=O)[C@H](NC(=O)N3CCN(S(C)(=O)=O)C3=O)c3ccccc3)C(=O)N2[C@H]1C(=O)O.CC1(C)S[C@@H]2[C@H](NC(=O)[C@H](NC(=O)N3CCN(S(C)(=O)=O)C3=O)c3ccccc3)C(=O)N2[C@H]1C(=O)[O-].[Na+]. The van der Waals surface area contributed by atoms with Crippen LogP contribution in [0.5, 0.6) is 0 Å². The Morgan fingerprint density at radius 1 is 0.616 bits per heavy atom. The minimum absolute atomic E-state index is 0. The van der Waals surface area contributed by atoms with E-state index in [-0.39, 0.29) is 55.7 Å². The zero-order chi connectivity index (χ0) is 53.2. The second-order valence-electron chi connectivity index (χ2n) is 18.3. The van der Waals surface area contributed by atoms with E-state index in [1.807, 2.05) is 0 Å². The van der Waals surface area contributed by atoms with Crippen LogP contribution in [0.25, 0.3) is 0 Å². The standard InChI is InChI=1S/2C21H25N5O8S2.Na/c2*1-21(2)14(18(29)30)26-16(28)13(17(26)35-21)22-15(27)12(11-7-5-4-6-8-11)23-19(31)24-9-10-25(20(24)32)36(3,33)34;/h2*4-8,12-14,17H,9-10H2,1-3H3,(H,22,27)(H,23,31)(H,29,30);/q;;+1/p-1/t2*12-,13-,14+,17-;/m11./s1. The second-order valence-corrected chi connectivity index (χ2v) is 25.6. The molecule has 8 rings (SSSR count). The Morgan fingerprint density at radius 2 is 0.959 bits per heavy atom. The molecule has 26 nitrogen and oxygen atoms in total. The number of thioether (sulfide) groups is 2. The summed E-state index contributed by atoms with van der Waals surface area (Å²) < 4.78 is 46.5. The number of fused-ring (bicyclic) bond motifs is 2. The van der Waals surface area contributed by atoms with Gasteiger partial charge in [0.15, 0.2) is 0 Å². The molecule has 5 N–H and O–H groups in total. The Balaban J connectivity index is 0.000000235. The number of carboxylic acid groups (broad SMARTS) is 2. The van der Waals surface area contributed by atoms with Crippen molar-refractivity contribution in [3.63, 3.8) is 0 Å². The molecule has 6 aliphatic heterocycles. The summed E-state index contributed by atoms with van der Waals surface area (Å²) in [5.41, 5.74) is 0.715. The molecule has 0 aromatic heterocycles. The normalized spacial score (nSPS) is 25.4. The van der Waals surface area contributed by atoms with Crippen molar-refractivity contribution in [2.75, 3.05) is 38.7 Å². The van der Waals surface area contributed by atoms with E-state index in [9.17, 15) is 75.0 Å². The van der Waals surface area contributed by atoms with Gasteiger partial charge < -0.3 is 46.1 Å². The molecule has 12 amide bonds. The number of imide groups is 2. The Labute approximate surface area is 449 Å². The van der Waals surface area contributed by atoms with Gasteiger partial charge in [0, 0.05) is 9.49 Å². The number of amides is 12. The molecule has 0 bridgehead atoms. The summed E-state index contributed by atoms with van der Waals surface area (Å²) in [5.74, 6) is -5.15. The molecule has 0 radical (unpaired) electrons. The monoisotopic (exact) mass is 1100 g/mol. The van der Waals surface area contributed by atoms with Gasteiger partial charge in [-0.1, -0.05) is 60.7 Å². The quantitative estimate of drug-likeness (QED) is 0.0984.